The Balaban J connectivity index is 2.35. The van der Waals surface area contributed by atoms with Crippen LogP contribution in [0.2, 0.25) is 0 Å². The van der Waals surface area contributed by atoms with Crippen LogP contribution in [-0.2, 0) is 25.5 Å². The summed E-state index contributed by atoms with van der Waals surface area (Å²) < 4.78 is 11.5. The second-order valence-electron chi connectivity index (χ2n) is 7.72. The van der Waals surface area contributed by atoms with Crippen LogP contribution >= 0.6 is 11.8 Å². The maximum absolute atomic E-state index is 12.6. The van der Waals surface area contributed by atoms with Crippen LogP contribution in [-0.4, -0.2) is 57.5 Å². The molecule has 0 aromatic carbocycles. The van der Waals surface area contributed by atoms with Gasteiger partial charge in [0.25, 0.3) is 0 Å². The highest BCUT2D eigenvalue weighted by Gasteiger charge is 2.25. The fraction of sp³-hybridized carbons (Fsp3) is 0.600. The van der Waals surface area contributed by atoms with Crippen molar-refractivity contribution in [2.24, 2.45) is 0 Å². The minimum atomic E-state index is -0.695. The first kappa shape index (κ1) is 23.2. The Morgan fingerprint density at radius 1 is 1.38 bits per heavy atom. The maximum Gasteiger partial charge on any atom is 0.435 e. The normalized spacial score (nSPS) is 18.5. The number of nitrogens with one attached hydrogen (secondary N) is 1. The molecule has 160 valence electrons. The van der Waals surface area contributed by atoms with Crippen LogP contribution in [0.25, 0.3) is 6.08 Å². The highest BCUT2D eigenvalue weighted by molar-refractivity contribution is 8.14. The summed E-state index contributed by atoms with van der Waals surface area (Å²) in [6.07, 6.45) is 1.95. The molecule has 0 saturated carbocycles. The first-order valence-electron chi connectivity index (χ1n) is 9.65. The number of esters is 1. The van der Waals surface area contributed by atoms with Gasteiger partial charge in [0.05, 0.1) is 24.4 Å². The third-order valence-electron chi connectivity index (χ3n) is 3.97. The lowest BCUT2D eigenvalue weighted by Crippen LogP contribution is -2.32. The lowest BCUT2D eigenvalue weighted by molar-refractivity contribution is -0.142. The van der Waals surface area contributed by atoms with Gasteiger partial charge in [-0.15, -0.1) is 0 Å². The van der Waals surface area contributed by atoms with Crippen LogP contribution in [0.1, 0.15) is 52.4 Å². The molecule has 1 aromatic heterocycles. The molecular formula is C20H29N3O5S. The van der Waals surface area contributed by atoms with Gasteiger partial charge >= 0.3 is 12.1 Å². The molecule has 2 rings (SSSR count). The average molecular weight is 424 g/mol. The first-order valence-corrected chi connectivity index (χ1v) is 10.5. The molecule has 0 spiro atoms. The molecule has 1 fully saturated rings. The predicted molar refractivity (Wildman–Crippen MR) is 112 cm³/mol. The zero-order valence-electron chi connectivity index (χ0n) is 17.6. The number of hydrogen-bond donors (Lipinski definition) is 1. The quantitative estimate of drug-likeness (QED) is 0.722. The van der Waals surface area contributed by atoms with E-state index in [1.165, 1.54) is 11.8 Å². The van der Waals surface area contributed by atoms with Gasteiger partial charge in [0.15, 0.2) is 5.12 Å². The van der Waals surface area contributed by atoms with E-state index in [0.29, 0.717) is 17.9 Å². The lowest BCUT2D eigenvalue weighted by Gasteiger charge is -2.24. The molecule has 1 aliphatic rings. The molecule has 8 nitrogen and oxygen atoms in total. The van der Waals surface area contributed by atoms with E-state index in [2.05, 4.69) is 10.4 Å². The van der Waals surface area contributed by atoms with Gasteiger partial charge < -0.3 is 14.8 Å². The van der Waals surface area contributed by atoms with Crippen molar-refractivity contribution >= 4 is 35.0 Å². The Labute approximate surface area is 175 Å². The number of carbonyl (C=O) groups is 3. The van der Waals surface area contributed by atoms with E-state index in [9.17, 15) is 14.4 Å². The third kappa shape index (κ3) is 7.32. The van der Waals surface area contributed by atoms with Gasteiger partial charge in [-0.25, -0.2) is 4.79 Å². The molecule has 1 saturated heterocycles. The standard InChI is InChI=1S/C20H29N3O5S/c1-6-27-18(25)11-16-10-15(22-23(16)19(26)28-20(3,4)5)9-14-12-21-8-7-17(14)29-13(2)24/h9-10,17,21H,6-8,11-12H2,1-5H3. The molecular weight excluding hydrogens is 394 g/mol. The zero-order chi connectivity index (χ0) is 21.6. The summed E-state index contributed by atoms with van der Waals surface area (Å²) in [6.45, 7) is 10.3. The zero-order valence-corrected chi connectivity index (χ0v) is 18.4. The van der Waals surface area contributed by atoms with Gasteiger partial charge in [-0.05, 0) is 58.4 Å². The lowest BCUT2D eigenvalue weighted by atomic mass is 10.0. The van der Waals surface area contributed by atoms with E-state index in [-0.39, 0.29) is 23.4 Å². The summed E-state index contributed by atoms with van der Waals surface area (Å²) in [5.41, 5.74) is 1.25. The SMILES string of the molecule is CCOC(=O)Cc1cc(C=C2CNCCC2SC(C)=O)nn1C(=O)OC(C)(C)C. The minimum Gasteiger partial charge on any atom is -0.466 e. The Kier molecular flexibility index (Phi) is 8.04. The van der Waals surface area contributed by atoms with Gasteiger partial charge in [0.2, 0.25) is 0 Å². The van der Waals surface area contributed by atoms with E-state index in [0.717, 1.165) is 23.2 Å². The van der Waals surface area contributed by atoms with Crippen LogP contribution in [0.3, 0.4) is 0 Å². The molecule has 1 aromatic rings. The summed E-state index contributed by atoms with van der Waals surface area (Å²) in [4.78, 5) is 36.1. The van der Waals surface area contributed by atoms with Crippen LogP contribution in [0.5, 0.6) is 0 Å². The Hall–Kier alpha value is -2.13. The number of ether oxygens (including phenoxy) is 2. The number of nitrogens with zero attached hydrogens (tertiary/aromatic N) is 2. The van der Waals surface area contributed by atoms with Crippen molar-refractivity contribution in [3.8, 4) is 0 Å². The van der Waals surface area contributed by atoms with E-state index < -0.39 is 17.7 Å². The summed E-state index contributed by atoms with van der Waals surface area (Å²) in [5.74, 6) is -0.444. The highest BCUT2D eigenvalue weighted by atomic mass is 32.2. The van der Waals surface area contributed by atoms with Crippen molar-refractivity contribution < 1.29 is 23.9 Å². The van der Waals surface area contributed by atoms with E-state index >= 15 is 0 Å². The Morgan fingerprint density at radius 2 is 2.10 bits per heavy atom. The number of thioether (sulfide) groups is 1. The number of hydrogen-bond acceptors (Lipinski definition) is 8. The van der Waals surface area contributed by atoms with Crippen molar-refractivity contribution in [3.63, 3.8) is 0 Å². The molecule has 2 heterocycles. The smallest absolute Gasteiger partial charge is 0.435 e. The van der Waals surface area contributed by atoms with Crippen LogP contribution in [0.4, 0.5) is 4.79 Å². The third-order valence-corrected chi connectivity index (χ3v) is 5.12. The van der Waals surface area contributed by atoms with Gasteiger partial charge in [-0.3, -0.25) is 9.59 Å². The summed E-state index contributed by atoms with van der Waals surface area (Å²) >= 11 is 1.30. The van der Waals surface area contributed by atoms with E-state index in [4.69, 9.17) is 9.47 Å². The summed E-state index contributed by atoms with van der Waals surface area (Å²) in [5, 5.41) is 7.76. The molecule has 0 amide bonds. The molecule has 0 aliphatic carbocycles. The topological polar surface area (TPSA) is 99.5 Å². The fourth-order valence-corrected chi connectivity index (χ4v) is 3.83. The molecule has 29 heavy (non-hydrogen) atoms. The molecule has 1 atom stereocenters. The predicted octanol–water partition coefficient (Wildman–Crippen LogP) is 2.80. The highest BCUT2D eigenvalue weighted by Crippen LogP contribution is 2.27. The maximum atomic E-state index is 12.6. The molecule has 1 unspecified atom stereocenters. The van der Waals surface area contributed by atoms with Crippen molar-refractivity contribution in [3.05, 3.63) is 23.0 Å². The van der Waals surface area contributed by atoms with Gasteiger partial charge in [0.1, 0.15) is 5.60 Å². The molecule has 1 aliphatic heterocycles. The van der Waals surface area contributed by atoms with Crippen LogP contribution in [0, 0.1) is 0 Å². The monoisotopic (exact) mass is 423 g/mol. The van der Waals surface area contributed by atoms with Crippen molar-refractivity contribution in [2.45, 2.75) is 58.3 Å². The second kappa shape index (κ2) is 10.1. The first-order chi connectivity index (χ1) is 13.6. The number of carbonyl (C=O) groups excluding carboxylic acids is 3. The average Bonchev–Trinajstić information content (AvgIpc) is 2.97. The number of piperidine rings is 1. The van der Waals surface area contributed by atoms with E-state index in [1.54, 1.807) is 40.7 Å². The van der Waals surface area contributed by atoms with Crippen molar-refractivity contribution in [1.82, 2.24) is 15.1 Å². The van der Waals surface area contributed by atoms with Gasteiger partial charge in [0, 0.05) is 18.7 Å². The van der Waals surface area contributed by atoms with Crippen LogP contribution < -0.4 is 5.32 Å². The number of rotatable bonds is 5. The van der Waals surface area contributed by atoms with E-state index in [1.807, 2.05) is 6.08 Å². The summed E-state index contributed by atoms with van der Waals surface area (Å²) in [6, 6.07) is 1.68. The van der Waals surface area contributed by atoms with Gasteiger partial charge in [-0.2, -0.15) is 9.78 Å². The van der Waals surface area contributed by atoms with Gasteiger partial charge in [-0.1, -0.05) is 11.8 Å². The second-order valence-corrected chi connectivity index (χ2v) is 9.10. The number of aromatic nitrogens is 2. The molecule has 9 heteroatoms. The van der Waals surface area contributed by atoms with Crippen molar-refractivity contribution in [1.29, 1.82) is 0 Å². The minimum absolute atomic E-state index is 0.0603. The van der Waals surface area contributed by atoms with Crippen molar-refractivity contribution in [2.75, 3.05) is 19.7 Å². The largest absolute Gasteiger partial charge is 0.466 e. The fourth-order valence-electron chi connectivity index (χ4n) is 2.89. The summed E-state index contributed by atoms with van der Waals surface area (Å²) in [7, 11) is 0. The Bertz CT molecular complexity index is 795. The molecule has 0 bridgehead atoms. The van der Waals surface area contributed by atoms with Crippen LogP contribution in [0.15, 0.2) is 11.6 Å². The molecule has 0 radical (unpaired) electrons. The Morgan fingerprint density at radius 3 is 2.72 bits per heavy atom. The molecule has 1 N–H and O–H groups in total.